The number of rotatable bonds is 3. The van der Waals surface area contributed by atoms with Gasteiger partial charge in [0.2, 0.25) is 0 Å². The minimum Gasteiger partial charge on any atom is -0.493 e. The Labute approximate surface area is 113 Å². The van der Waals surface area contributed by atoms with Gasteiger partial charge in [0.25, 0.3) is 5.91 Å². The van der Waals surface area contributed by atoms with Crippen molar-refractivity contribution in [3.05, 3.63) is 35.4 Å². The maximum Gasteiger partial charge on any atom is 0.260 e. The van der Waals surface area contributed by atoms with Crippen molar-refractivity contribution < 1.29 is 9.53 Å². The minimum absolute atomic E-state index is 0.0472. The molecule has 0 radical (unpaired) electrons. The molecule has 1 amide bonds. The Morgan fingerprint density at radius 1 is 1.47 bits per heavy atom. The molecule has 1 aromatic rings. The maximum absolute atomic E-state index is 12.6. The van der Waals surface area contributed by atoms with Crippen LogP contribution in [0.5, 0.6) is 5.75 Å². The Balaban J connectivity index is 2.30. The Morgan fingerprint density at radius 2 is 2.26 bits per heavy atom. The van der Waals surface area contributed by atoms with Crippen LogP contribution >= 0.6 is 0 Å². The summed E-state index contributed by atoms with van der Waals surface area (Å²) in [5.74, 6) is 0.522. The summed E-state index contributed by atoms with van der Waals surface area (Å²) in [6.07, 6.45) is 3.07. The molecule has 1 aromatic carbocycles. The van der Waals surface area contributed by atoms with Crippen molar-refractivity contribution in [2.24, 2.45) is 0 Å². The molecule has 19 heavy (non-hydrogen) atoms. The summed E-state index contributed by atoms with van der Waals surface area (Å²) in [4.78, 5) is 14.4. The molecular formula is C15H20N2O2. The lowest BCUT2D eigenvalue weighted by Gasteiger charge is -2.27. The van der Waals surface area contributed by atoms with Gasteiger partial charge in [0, 0.05) is 18.8 Å². The van der Waals surface area contributed by atoms with Crippen molar-refractivity contribution in [2.45, 2.75) is 20.3 Å². The molecule has 0 spiro atoms. The molecule has 0 atom stereocenters. The van der Waals surface area contributed by atoms with E-state index in [0.29, 0.717) is 30.2 Å². The second-order valence-corrected chi connectivity index (χ2v) is 4.72. The topological polar surface area (TPSA) is 55.6 Å². The molecule has 0 bridgehead atoms. The van der Waals surface area contributed by atoms with Crippen LogP contribution in [-0.2, 0) is 0 Å². The van der Waals surface area contributed by atoms with E-state index >= 15 is 0 Å². The van der Waals surface area contributed by atoms with Gasteiger partial charge in [-0.1, -0.05) is 17.7 Å². The zero-order valence-corrected chi connectivity index (χ0v) is 11.5. The summed E-state index contributed by atoms with van der Waals surface area (Å²) in [6.45, 7) is 5.85. The first-order chi connectivity index (χ1) is 9.13. The van der Waals surface area contributed by atoms with Gasteiger partial charge in [-0.25, -0.2) is 0 Å². The highest BCUT2D eigenvalue weighted by Gasteiger charge is 2.23. The zero-order chi connectivity index (χ0) is 13.8. The molecule has 1 aliphatic rings. The van der Waals surface area contributed by atoms with Crippen LogP contribution in [0.4, 0.5) is 5.69 Å². The van der Waals surface area contributed by atoms with Crippen molar-refractivity contribution in [2.75, 3.05) is 25.4 Å². The van der Waals surface area contributed by atoms with Crippen molar-refractivity contribution in [3.63, 3.8) is 0 Å². The quantitative estimate of drug-likeness (QED) is 0.671. The third-order valence-corrected chi connectivity index (χ3v) is 3.19. The predicted octanol–water partition coefficient (Wildman–Crippen LogP) is 2.46. The average Bonchev–Trinajstić information content (AvgIpc) is 2.39. The molecule has 4 heteroatoms. The number of ether oxygens (including phenoxy) is 1. The molecule has 1 aliphatic heterocycles. The summed E-state index contributed by atoms with van der Waals surface area (Å²) >= 11 is 0. The van der Waals surface area contributed by atoms with E-state index in [4.69, 9.17) is 10.5 Å². The van der Waals surface area contributed by atoms with Crippen LogP contribution < -0.4 is 10.5 Å². The first-order valence-corrected chi connectivity index (χ1v) is 6.59. The number of nitrogens with two attached hydrogens (primary N) is 1. The summed E-state index contributed by atoms with van der Waals surface area (Å²) in [7, 11) is 0. The van der Waals surface area contributed by atoms with Crippen molar-refractivity contribution in [3.8, 4) is 5.75 Å². The number of hydrogen-bond acceptors (Lipinski definition) is 3. The number of benzene rings is 1. The van der Waals surface area contributed by atoms with Gasteiger partial charge in [0.1, 0.15) is 11.3 Å². The molecule has 102 valence electrons. The predicted molar refractivity (Wildman–Crippen MR) is 76.3 cm³/mol. The van der Waals surface area contributed by atoms with E-state index in [2.05, 4.69) is 6.08 Å². The standard InChI is InChI=1S/C15H20N2O2/c1-3-19-13-8-4-7-12(16)14(13)15(18)17-9-5-6-11(2)10-17/h4,6-8H,3,5,9-10,16H2,1-2H3. The molecule has 2 N–H and O–H groups in total. The maximum atomic E-state index is 12.6. The minimum atomic E-state index is -0.0472. The fourth-order valence-corrected chi connectivity index (χ4v) is 2.30. The summed E-state index contributed by atoms with van der Waals surface area (Å²) in [5.41, 5.74) is 8.13. The van der Waals surface area contributed by atoms with Gasteiger partial charge in [-0.3, -0.25) is 4.79 Å². The summed E-state index contributed by atoms with van der Waals surface area (Å²) in [5, 5.41) is 0. The third-order valence-electron chi connectivity index (χ3n) is 3.19. The summed E-state index contributed by atoms with van der Waals surface area (Å²) in [6, 6.07) is 5.33. The smallest absolute Gasteiger partial charge is 0.260 e. The molecule has 0 fully saturated rings. The molecular weight excluding hydrogens is 240 g/mol. The van der Waals surface area contributed by atoms with E-state index in [-0.39, 0.29) is 5.91 Å². The van der Waals surface area contributed by atoms with Crippen LogP contribution in [0, 0.1) is 0 Å². The highest BCUT2D eigenvalue weighted by Crippen LogP contribution is 2.27. The van der Waals surface area contributed by atoms with Gasteiger partial charge >= 0.3 is 0 Å². The molecule has 0 saturated heterocycles. The van der Waals surface area contributed by atoms with Crippen LogP contribution in [0.25, 0.3) is 0 Å². The largest absolute Gasteiger partial charge is 0.493 e. The van der Waals surface area contributed by atoms with E-state index < -0.39 is 0 Å². The van der Waals surface area contributed by atoms with Crippen LogP contribution in [-0.4, -0.2) is 30.5 Å². The fourth-order valence-electron chi connectivity index (χ4n) is 2.30. The van der Waals surface area contributed by atoms with Crippen molar-refractivity contribution in [1.29, 1.82) is 0 Å². The van der Waals surface area contributed by atoms with Gasteiger partial charge in [0.15, 0.2) is 0 Å². The van der Waals surface area contributed by atoms with Crippen LogP contribution in [0.1, 0.15) is 30.6 Å². The zero-order valence-electron chi connectivity index (χ0n) is 11.5. The number of carbonyl (C=O) groups excluding carboxylic acids is 1. The molecule has 1 heterocycles. The number of hydrogen-bond donors (Lipinski definition) is 1. The lowest BCUT2D eigenvalue weighted by molar-refractivity contribution is 0.0763. The third kappa shape index (κ3) is 2.89. The highest BCUT2D eigenvalue weighted by molar-refractivity contribution is 6.02. The van der Waals surface area contributed by atoms with Gasteiger partial charge in [-0.2, -0.15) is 0 Å². The monoisotopic (exact) mass is 260 g/mol. The van der Waals surface area contributed by atoms with E-state index in [0.717, 1.165) is 13.0 Å². The van der Waals surface area contributed by atoms with Gasteiger partial charge in [0.05, 0.1) is 6.61 Å². The summed E-state index contributed by atoms with van der Waals surface area (Å²) < 4.78 is 5.51. The molecule has 2 rings (SSSR count). The van der Waals surface area contributed by atoms with E-state index in [1.165, 1.54) is 5.57 Å². The fraction of sp³-hybridized carbons (Fsp3) is 0.400. The van der Waals surface area contributed by atoms with Gasteiger partial charge in [-0.05, 0) is 32.4 Å². The molecule has 0 unspecified atom stereocenters. The average molecular weight is 260 g/mol. The SMILES string of the molecule is CCOc1cccc(N)c1C(=O)N1CCC=C(C)C1. The van der Waals surface area contributed by atoms with Gasteiger partial charge < -0.3 is 15.4 Å². The Kier molecular flexibility index (Phi) is 4.10. The Hall–Kier alpha value is -1.97. The normalized spacial score (nSPS) is 15.1. The number of amides is 1. The van der Waals surface area contributed by atoms with E-state index in [1.807, 2.05) is 18.7 Å². The molecule has 0 aromatic heterocycles. The lowest BCUT2D eigenvalue weighted by Crippen LogP contribution is -2.36. The van der Waals surface area contributed by atoms with Crippen molar-refractivity contribution in [1.82, 2.24) is 4.90 Å². The molecule has 4 nitrogen and oxygen atoms in total. The van der Waals surface area contributed by atoms with Crippen LogP contribution in [0.15, 0.2) is 29.8 Å². The first-order valence-electron chi connectivity index (χ1n) is 6.59. The number of anilines is 1. The van der Waals surface area contributed by atoms with Crippen LogP contribution in [0.3, 0.4) is 0 Å². The van der Waals surface area contributed by atoms with E-state index in [1.54, 1.807) is 18.2 Å². The second-order valence-electron chi connectivity index (χ2n) is 4.72. The number of nitrogens with zero attached hydrogens (tertiary/aromatic N) is 1. The van der Waals surface area contributed by atoms with E-state index in [9.17, 15) is 4.79 Å². The second kappa shape index (κ2) is 5.78. The highest BCUT2D eigenvalue weighted by atomic mass is 16.5. The van der Waals surface area contributed by atoms with Gasteiger partial charge in [-0.15, -0.1) is 0 Å². The molecule has 0 aliphatic carbocycles. The molecule has 0 saturated carbocycles. The van der Waals surface area contributed by atoms with Crippen LogP contribution in [0.2, 0.25) is 0 Å². The Morgan fingerprint density at radius 3 is 2.95 bits per heavy atom. The lowest BCUT2D eigenvalue weighted by atomic mass is 10.1. The number of carbonyl (C=O) groups is 1. The van der Waals surface area contributed by atoms with Crippen molar-refractivity contribution >= 4 is 11.6 Å². The Bertz CT molecular complexity index is 509. The number of nitrogen functional groups attached to an aromatic ring is 1. The first kappa shape index (κ1) is 13.5.